The van der Waals surface area contributed by atoms with Crippen LogP contribution in [0.3, 0.4) is 0 Å². The van der Waals surface area contributed by atoms with Crippen molar-refractivity contribution in [3.8, 4) is 16.9 Å². The van der Waals surface area contributed by atoms with E-state index in [-0.39, 0.29) is 17.7 Å². The van der Waals surface area contributed by atoms with Gasteiger partial charge >= 0.3 is 12.1 Å². The lowest BCUT2D eigenvalue weighted by Crippen LogP contribution is -2.54. The van der Waals surface area contributed by atoms with E-state index in [0.717, 1.165) is 67.7 Å². The van der Waals surface area contributed by atoms with Gasteiger partial charge in [-0.25, -0.2) is 4.79 Å². The number of piperidine rings is 1. The lowest BCUT2D eigenvalue weighted by atomic mass is 9.95. The molecule has 2 aliphatic heterocycles. The lowest BCUT2D eigenvalue weighted by molar-refractivity contribution is -0.192. The number of carbonyl (C=O) groups excluding carboxylic acids is 2. The molecule has 6 rings (SSSR count). The summed E-state index contributed by atoms with van der Waals surface area (Å²) in [6.45, 7) is 8.63. The number of aliphatic carboxylic acids is 1. The van der Waals surface area contributed by atoms with Crippen molar-refractivity contribution in [1.82, 2.24) is 25.3 Å². The van der Waals surface area contributed by atoms with Crippen molar-refractivity contribution in [2.24, 2.45) is 5.92 Å². The van der Waals surface area contributed by atoms with Gasteiger partial charge in [0, 0.05) is 80.4 Å². The van der Waals surface area contributed by atoms with Crippen LogP contribution in [0, 0.1) is 5.92 Å². The van der Waals surface area contributed by atoms with Gasteiger partial charge in [0.25, 0.3) is 5.91 Å². The molecule has 1 aliphatic carbocycles. The third-order valence-electron chi connectivity index (χ3n) is 8.94. The molecule has 3 heterocycles. The van der Waals surface area contributed by atoms with E-state index in [1.54, 1.807) is 6.07 Å². The first-order chi connectivity index (χ1) is 23.7. The van der Waals surface area contributed by atoms with Gasteiger partial charge in [0.05, 0.1) is 12.1 Å². The average molecular weight is 719 g/mol. The van der Waals surface area contributed by atoms with E-state index in [2.05, 4.69) is 49.6 Å². The molecule has 1 aromatic heterocycles. The molecule has 2 saturated heterocycles. The molecule has 3 fully saturated rings. The second-order valence-electron chi connectivity index (χ2n) is 13.3. The maximum absolute atomic E-state index is 14.0. The van der Waals surface area contributed by atoms with E-state index in [1.807, 2.05) is 43.3 Å². The van der Waals surface area contributed by atoms with Crippen molar-refractivity contribution in [1.29, 1.82) is 0 Å². The quantitative estimate of drug-likeness (QED) is 0.270. The second-order valence-corrected chi connectivity index (χ2v) is 13.7. The van der Waals surface area contributed by atoms with Crippen LogP contribution in [0.25, 0.3) is 11.1 Å². The number of hydrogen-bond donors (Lipinski definition) is 3. The number of alkyl halides is 3. The highest BCUT2D eigenvalue weighted by Crippen LogP contribution is 2.35. The van der Waals surface area contributed by atoms with Gasteiger partial charge in [0.15, 0.2) is 5.60 Å². The first-order valence-electron chi connectivity index (χ1n) is 16.6. The lowest BCUT2D eigenvalue weighted by Gasteiger charge is -2.37. The number of anilines is 1. The molecule has 50 heavy (non-hydrogen) atoms. The summed E-state index contributed by atoms with van der Waals surface area (Å²) in [5.41, 5.74) is 3.17. The fourth-order valence-electron chi connectivity index (χ4n) is 6.21. The van der Waals surface area contributed by atoms with E-state index < -0.39 is 17.7 Å². The van der Waals surface area contributed by atoms with Crippen LogP contribution in [0.5, 0.6) is 5.75 Å². The highest BCUT2D eigenvalue weighted by molar-refractivity contribution is 6.31. The molecule has 3 aromatic rings. The molecular formula is C35H42ClF3N6O5. The van der Waals surface area contributed by atoms with Crippen LogP contribution < -0.4 is 15.0 Å². The Bertz CT molecular complexity index is 1630. The van der Waals surface area contributed by atoms with Crippen LogP contribution in [0.15, 0.2) is 54.9 Å². The SMILES string of the molecule is CC(C)(Oc1cc(Cl)cc(N2CCC[C@H](C(=O)N(Cc3ccc(-c4cn[nH]c4)cc3)C3CC3)C2)c1)C(=O)N1CCNCC1.O=C(O)C(F)(F)F. The van der Waals surface area contributed by atoms with Gasteiger partial charge in [0.2, 0.25) is 5.91 Å². The topological polar surface area (TPSA) is 131 Å². The first-order valence-corrected chi connectivity index (χ1v) is 17.0. The number of nitrogens with one attached hydrogen (secondary N) is 2. The minimum atomic E-state index is -5.08. The Labute approximate surface area is 293 Å². The molecule has 1 saturated carbocycles. The first kappa shape index (κ1) is 37.0. The Morgan fingerprint density at radius 3 is 2.30 bits per heavy atom. The van der Waals surface area contributed by atoms with Gasteiger partial charge < -0.3 is 29.9 Å². The smallest absolute Gasteiger partial charge is 0.478 e. The number of piperazine rings is 1. The van der Waals surface area contributed by atoms with Crippen molar-refractivity contribution >= 4 is 35.1 Å². The van der Waals surface area contributed by atoms with Crippen molar-refractivity contribution < 1.29 is 37.4 Å². The summed E-state index contributed by atoms with van der Waals surface area (Å²) in [7, 11) is 0. The fraction of sp³-hybridized carbons (Fsp3) is 0.486. The van der Waals surface area contributed by atoms with Crippen LogP contribution in [-0.4, -0.2) is 100.0 Å². The molecule has 0 spiro atoms. The van der Waals surface area contributed by atoms with Crippen molar-refractivity contribution in [3.63, 3.8) is 0 Å². The van der Waals surface area contributed by atoms with Gasteiger partial charge in [-0.3, -0.25) is 14.7 Å². The summed E-state index contributed by atoms with van der Waals surface area (Å²) >= 11 is 6.57. The number of amides is 2. The van der Waals surface area contributed by atoms with Crippen molar-refractivity contribution in [2.45, 2.75) is 63.9 Å². The van der Waals surface area contributed by atoms with E-state index in [4.69, 9.17) is 26.2 Å². The van der Waals surface area contributed by atoms with Gasteiger partial charge in [-0.05, 0) is 62.8 Å². The summed E-state index contributed by atoms with van der Waals surface area (Å²) in [5.74, 6) is -2.09. The highest BCUT2D eigenvalue weighted by atomic mass is 35.5. The van der Waals surface area contributed by atoms with E-state index in [0.29, 0.717) is 43.0 Å². The van der Waals surface area contributed by atoms with Gasteiger partial charge in [0.1, 0.15) is 5.75 Å². The molecule has 2 aromatic carbocycles. The number of hydrogen-bond acceptors (Lipinski definition) is 7. The van der Waals surface area contributed by atoms with Crippen LogP contribution in [0.1, 0.15) is 45.1 Å². The zero-order chi connectivity index (χ0) is 36.1. The molecule has 3 aliphatic rings. The number of nitrogens with zero attached hydrogens (tertiary/aromatic N) is 4. The maximum atomic E-state index is 14.0. The molecule has 2 amide bonds. The zero-order valence-electron chi connectivity index (χ0n) is 28.0. The number of H-pyrrole nitrogens is 1. The maximum Gasteiger partial charge on any atom is 0.490 e. The van der Waals surface area contributed by atoms with Gasteiger partial charge in [-0.1, -0.05) is 35.9 Å². The Morgan fingerprint density at radius 2 is 1.70 bits per heavy atom. The second kappa shape index (κ2) is 15.7. The summed E-state index contributed by atoms with van der Waals surface area (Å²) in [5, 5.41) is 17.9. The normalized spacial score (nSPS) is 18.2. The summed E-state index contributed by atoms with van der Waals surface area (Å²) < 4.78 is 38.0. The average Bonchev–Trinajstić information content (AvgIpc) is 3.78. The monoisotopic (exact) mass is 718 g/mol. The van der Waals surface area contributed by atoms with Crippen LogP contribution in [0.2, 0.25) is 5.02 Å². The van der Waals surface area contributed by atoms with Crippen molar-refractivity contribution in [2.75, 3.05) is 44.2 Å². The Balaban J connectivity index is 0.000000630. The Hall–Kier alpha value is -4.30. The number of carbonyl (C=O) groups is 3. The standard InChI is InChI=1S/C33H41ClN6O3.C2HF3O2/c1-33(2,32(42)38-14-11-35-12-15-38)43-30-17-27(34)16-29(18-30)39-13-3-4-25(22-39)31(41)40(28-9-10-28)21-23-5-7-24(8-6-23)26-19-36-37-20-26;3-2(4,5)1(6)7/h5-8,16-20,25,28,35H,3-4,9-15,21-22H2,1-2H3,(H,36,37);(H,6,7)/t25-;/m0./s1. The minimum Gasteiger partial charge on any atom is -0.478 e. The fourth-order valence-corrected chi connectivity index (χ4v) is 6.42. The summed E-state index contributed by atoms with van der Waals surface area (Å²) in [4.78, 5) is 42.3. The largest absolute Gasteiger partial charge is 0.490 e. The minimum absolute atomic E-state index is 0.0320. The number of rotatable bonds is 9. The molecule has 11 nitrogen and oxygen atoms in total. The summed E-state index contributed by atoms with van der Waals surface area (Å²) in [6.07, 6.45) is 2.52. The number of ether oxygens (including phenoxy) is 1. The van der Waals surface area contributed by atoms with E-state index in [1.165, 1.54) is 0 Å². The molecule has 1 atom stereocenters. The third kappa shape index (κ3) is 9.69. The highest BCUT2D eigenvalue weighted by Gasteiger charge is 2.39. The molecule has 15 heteroatoms. The van der Waals surface area contributed by atoms with E-state index >= 15 is 0 Å². The van der Waals surface area contributed by atoms with Crippen LogP contribution in [0.4, 0.5) is 18.9 Å². The Kier molecular flexibility index (Phi) is 11.6. The zero-order valence-corrected chi connectivity index (χ0v) is 28.8. The number of aromatic nitrogens is 2. The van der Waals surface area contributed by atoms with E-state index in [9.17, 15) is 22.8 Å². The number of benzene rings is 2. The molecule has 3 N–H and O–H groups in total. The predicted molar refractivity (Wildman–Crippen MR) is 182 cm³/mol. The van der Waals surface area contributed by atoms with Crippen LogP contribution in [-0.2, 0) is 20.9 Å². The molecule has 0 unspecified atom stereocenters. The number of aromatic amines is 1. The third-order valence-corrected chi connectivity index (χ3v) is 9.15. The predicted octanol–water partition coefficient (Wildman–Crippen LogP) is 5.36. The number of carboxylic acids is 1. The molecule has 0 radical (unpaired) electrons. The molecule has 270 valence electrons. The number of halogens is 4. The van der Waals surface area contributed by atoms with Gasteiger partial charge in [-0.15, -0.1) is 0 Å². The summed E-state index contributed by atoms with van der Waals surface area (Å²) in [6, 6.07) is 14.4. The van der Waals surface area contributed by atoms with Crippen LogP contribution >= 0.6 is 11.6 Å². The molecule has 0 bridgehead atoms. The molecular weight excluding hydrogens is 677 g/mol. The van der Waals surface area contributed by atoms with Crippen molar-refractivity contribution in [3.05, 3.63) is 65.4 Å². The number of carboxylic acid groups (broad SMARTS) is 1. The van der Waals surface area contributed by atoms with Gasteiger partial charge in [-0.2, -0.15) is 18.3 Å². The Morgan fingerprint density at radius 1 is 1.02 bits per heavy atom.